The zero-order chi connectivity index (χ0) is 21.1. The van der Waals surface area contributed by atoms with Crippen molar-refractivity contribution in [2.75, 3.05) is 6.61 Å². The van der Waals surface area contributed by atoms with Gasteiger partial charge in [0.05, 0.1) is 18.6 Å². The van der Waals surface area contributed by atoms with Crippen LogP contribution in [0.1, 0.15) is 38.2 Å². The first-order chi connectivity index (χ1) is 13.0. The summed E-state index contributed by atoms with van der Waals surface area (Å²) in [5.41, 5.74) is 5.74. The molecule has 1 saturated carbocycles. The predicted octanol–water partition coefficient (Wildman–Crippen LogP) is 3.51. The Morgan fingerprint density at radius 2 is 1.89 bits per heavy atom. The van der Waals surface area contributed by atoms with E-state index in [0.29, 0.717) is 12.8 Å². The van der Waals surface area contributed by atoms with Gasteiger partial charge in [-0.15, -0.1) is 0 Å². The van der Waals surface area contributed by atoms with E-state index in [1.165, 1.54) is 24.3 Å². The second kappa shape index (κ2) is 9.09. The highest BCUT2D eigenvalue weighted by Crippen LogP contribution is 2.49. The molecule has 1 aromatic carbocycles. The highest BCUT2D eigenvalue weighted by Gasteiger charge is 2.46. The van der Waals surface area contributed by atoms with Crippen molar-refractivity contribution in [3.05, 3.63) is 29.8 Å². The Kier molecular flexibility index (Phi) is 7.28. The Bertz CT molecular complexity index is 663. The van der Waals surface area contributed by atoms with Gasteiger partial charge in [-0.1, -0.05) is 26.0 Å². The number of primary amides is 1. The number of aliphatic hydroxyl groups is 1. The minimum atomic E-state index is -3.10. The summed E-state index contributed by atoms with van der Waals surface area (Å²) in [6.07, 6.45) is 0.126. The number of alkyl halides is 4. The van der Waals surface area contributed by atoms with Crippen molar-refractivity contribution in [3.63, 3.8) is 0 Å². The van der Waals surface area contributed by atoms with Crippen LogP contribution < -0.4 is 10.5 Å². The molecule has 3 N–H and O–H groups in total. The topological polar surface area (TPSA) is 81.8 Å². The third-order valence-electron chi connectivity index (χ3n) is 5.16. The lowest BCUT2D eigenvalue weighted by molar-refractivity contribution is -0.149. The lowest BCUT2D eigenvalue weighted by atomic mass is 9.60. The number of halogens is 4. The minimum absolute atomic E-state index is 0.00777. The van der Waals surface area contributed by atoms with Gasteiger partial charge < -0.3 is 20.3 Å². The van der Waals surface area contributed by atoms with Gasteiger partial charge in [-0.05, 0) is 41.9 Å². The van der Waals surface area contributed by atoms with Crippen LogP contribution in [0.15, 0.2) is 24.3 Å². The summed E-state index contributed by atoms with van der Waals surface area (Å²) in [6.45, 7) is -2.76. The molecule has 158 valence electrons. The number of nitrogens with two attached hydrogens (primary N) is 1. The van der Waals surface area contributed by atoms with Crippen LogP contribution in [0.25, 0.3) is 0 Å². The summed E-state index contributed by atoms with van der Waals surface area (Å²) in [4.78, 5) is 12.1. The molecule has 0 spiro atoms. The van der Waals surface area contributed by atoms with Gasteiger partial charge in [0.2, 0.25) is 5.91 Å². The van der Waals surface area contributed by atoms with Crippen LogP contribution in [0.3, 0.4) is 0 Å². The van der Waals surface area contributed by atoms with E-state index < -0.39 is 43.7 Å². The summed E-state index contributed by atoms with van der Waals surface area (Å²) >= 11 is 0. The van der Waals surface area contributed by atoms with E-state index >= 15 is 0 Å². The number of amides is 1. The van der Waals surface area contributed by atoms with Gasteiger partial charge in [0.15, 0.2) is 0 Å². The number of carbonyl (C=O) groups excluding carboxylic acids is 1. The molecule has 0 aliphatic heterocycles. The standard InChI is InChI=1S/C19H25F4NO4/c1-19(2)7-11(8-19)15(25)14(16(24)26)13(9-27-17(20)21)10-4-3-5-12(6-10)28-18(22)23/h3-6,11,13-15,17-18,25H,7-9H2,1-2H3,(H2,24,26)/t13-,14?,15?/m0/s1. The van der Waals surface area contributed by atoms with E-state index in [0.717, 1.165) is 0 Å². The average Bonchev–Trinajstić information content (AvgIpc) is 2.54. The summed E-state index contributed by atoms with van der Waals surface area (Å²) in [5.74, 6) is -3.56. The first kappa shape index (κ1) is 22.4. The Morgan fingerprint density at radius 3 is 2.39 bits per heavy atom. The number of hydrogen-bond acceptors (Lipinski definition) is 4. The first-order valence-electron chi connectivity index (χ1n) is 8.92. The SMILES string of the molecule is CC1(C)CC(C(O)C(C(N)=O)[C@@H](COC(F)F)c2cccc(OC(F)F)c2)C1. The Hall–Kier alpha value is -1.87. The second-order valence-corrected chi connectivity index (χ2v) is 7.90. The van der Waals surface area contributed by atoms with E-state index in [-0.39, 0.29) is 22.6 Å². The zero-order valence-corrected chi connectivity index (χ0v) is 15.7. The maximum atomic E-state index is 12.6. The second-order valence-electron chi connectivity index (χ2n) is 7.90. The summed E-state index contributed by atoms with van der Waals surface area (Å²) in [6, 6.07) is 5.33. The normalized spacial score (nSPS) is 19.9. The van der Waals surface area contributed by atoms with E-state index in [9.17, 15) is 27.5 Å². The van der Waals surface area contributed by atoms with Gasteiger partial charge in [-0.3, -0.25) is 4.79 Å². The fraction of sp³-hybridized carbons (Fsp3) is 0.632. The molecule has 1 aromatic rings. The van der Waals surface area contributed by atoms with Crippen LogP contribution >= 0.6 is 0 Å². The molecule has 28 heavy (non-hydrogen) atoms. The third kappa shape index (κ3) is 5.81. The van der Waals surface area contributed by atoms with Gasteiger partial charge in [0.1, 0.15) is 5.75 Å². The van der Waals surface area contributed by atoms with Crippen LogP contribution in [0.2, 0.25) is 0 Å². The van der Waals surface area contributed by atoms with Crippen LogP contribution in [-0.4, -0.2) is 36.9 Å². The van der Waals surface area contributed by atoms with E-state index in [4.69, 9.17) is 5.73 Å². The smallest absolute Gasteiger partial charge is 0.387 e. The number of carbonyl (C=O) groups is 1. The molecule has 5 nitrogen and oxygen atoms in total. The summed E-state index contributed by atoms with van der Waals surface area (Å²) in [7, 11) is 0. The predicted molar refractivity (Wildman–Crippen MR) is 93.0 cm³/mol. The van der Waals surface area contributed by atoms with Crippen molar-refractivity contribution >= 4 is 5.91 Å². The molecule has 0 bridgehead atoms. The molecular formula is C19H25F4NO4. The minimum Gasteiger partial charge on any atom is -0.435 e. The maximum Gasteiger partial charge on any atom is 0.387 e. The lowest BCUT2D eigenvalue weighted by Gasteiger charge is -2.47. The van der Waals surface area contributed by atoms with E-state index in [1.54, 1.807) is 0 Å². The van der Waals surface area contributed by atoms with Crippen molar-refractivity contribution in [1.29, 1.82) is 0 Å². The highest BCUT2D eigenvalue weighted by atomic mass is 19.3. The largest absolute Gasteiger partial charge is 0.435 e. The average molecular weight is 407 g/mol. The van der Waals surface area contributed by atoms with Crippen LogP contribution in [0.4, 0.5) is 17.6 Å². The number of hydrogen-bond donors (Lipinski definition) is 2. The molecular weight excluding hydrogens is 382 g/mol. The first-order valence-corrected chi connectivity index (χ1v) is 8.92. The van der Waals surface area contributed by atoms with Crippen LogP contribution in [0, 0.1) is 17.3 Å². The molecule has 0 radical (unpaired) electrons. The van der Waals surface area contributed by atoms with Gasteiger partial charge in [-0.25, -0.2) is 0 Å². The Morgan fingerprint density at radius 1 is 1.25 bits per heavy atom. The maximum absolute atomic E-state index is 12.6. The van der Waals surface area contributed by atoms with Crippen molar-refractivity contribution in [1.82, 2.24) is 0 Å². The van der Waals surface area contributed by atoms with Crippen molar-refractivity contribution in [2.24, 2.45) is 23.0 Å². The van der Waals surface area contributed by atoms with Crippen molar-refractivity contribution < 1.29 is 36.9 Å². The molecule has 1 aliphatic rings. The Balaban J connectivity index is 2.32. The summed E-state index contributed by atoms with van der Waals surface area (Å²) in [5, 5.41) is 10.7. The fourth-order valence-corrected chi connectivity index (χ4v) is 4.00. The molecule has 9 heteroatoms. The molecule has 1 fully saturated rings. The van der Waals surface area contributed by atoms with Crippen LogP contribution in [-0.2, 0) is 9.53 Å². The monoisotopic (exact) mass is 407 g/mol. The molecule has 0 saturated heterocycles. The molecule has 2 rings (SSSR count). The van der Waals surface area contributed by atoms with E-state index in [2.05, 4.69) is 9.47 Å². The van der Waals surface area contributed by atoms with Gasteiger partial charge >= 0.3 is 13.2 Å². The molecule has 2 unspecified atom stereocenters. The van der Waals surface area contributed by atoms with E-state index in [1.807, 2.05) is 13.8 Å². The van der Waals surface area contributed by atoms with Gasteiger partial charge in [0, 0.05) is 5.92 Å². The number of benzene rings is 1. The third-order valence-corrected chi connectivity index (χ3v) is 5.16. The molecule has 1 amide bonds. The zero-order valence-electron chi connectivity index (χ0n) is 15.7. The van der Waals surface area contributed by atoms with Crippen LogP contribution in [0.5, 0.6) is 5.75 Å². The molecule has 1 aliphatic carbocycles. The van der Waals surface area contributed by atoms with Crippen molar-refractivity contribution in [2.45, 2.75) is 51.9 Å². The lowest BCUT2D eigenvalue weighted by Crippen LogP contribution is -2.48. The van der Waals surface area contributed by atoms with Crippen molar-refractivity contribution in [3.8, 4) is 5.75 Å². The molecule has 0 aromatic heterocycles. The van der Waals surface area contributed by atoms with Gasteiger partial charge in [0.25, 0.3) is 0 Å². The summed E-state index contributed by atoms with van der Waals surface area (Å²) < 4.78 is 59.0. The highest BCUT2D eigenvalue weighted by molar-refractivity contribution is 5.78. The molecule has 0 heterocycles. The molecule has 3 atom stereocenters. The number of ether oxygens (including phenoxy) is 2. The quantitative estimate of drug-likeness (QED) is 0.582. The number of rotatable bonds is 10. The number of aliphatic hydroxyl groups excluding tert-OH is 1. The van der Waals surface area contributed by atoms with Gasteiger partial charge in [-0.2, -0.15) is 17.6 Å². The fourth-order valence-electron chi connectivity index (χ4n) is 4.00. The Labute approximate surface area is 160 Å².